The first kappa shape index (κ1) is 15.4. The summed E-state index contributed by atoms with van der Waals surface area (Å²) in [5, 5.41) is 9.09. The third kappa shape index (κ3) is 3.36. The predicted octanol–water partition coefficient (Wildman–Crippen LogP) is 1.60. The minimum Gasteiger partial charge on any atom is -0.478 e. The fourth-order valence-corrected chi connectivity index (χ4v) is 3.03. The molecule has 0 aliphatic carbocycles. The Kier molecular flexibility index (Phi) is 4.52. The van der Waals surface area contributed by atoms with Gasteiger partial charge in [-0.2, -0.15) is 0 Å². The van der Waals surface area contributed by atoms with Crippen molar-refractivity contribution >= 4 is 40.1 Å². The first-order valence-corrected chi connectivity index (χ1v) is 7.44. The van der Waals surface area contributed by atoms with Crippen LogP contribution in [-0.2, 0) is 9.59 Å². The Morgan fingerprint density at radius 2 is 2.19 bits per heavy atom. The van der Waals surface area contributed by atoms with E-state index in [9.17, 15) is 14.4 Å². The Balaban J connectivity index is 2.19. The number of hydrogen-bond acceptors (Lipinski definition) is 5. The molecule has 3 N–H and O–H groups in total. The van der Waals surface area contributed by atoms with Gasteiger partial charge < -0.3 is 15.7 Å². The number of aromatic carboxylic acids is 1. The number of carboxylic acid groups (broad SMARTS) is 1. The number of anilines is 2. The Labute approximate surface area is 126 Å². The molecule has 1 aromatic carbocycles. The number of nitrogens with two attached hydrogens (primary N) is 1. The lowest BCUT2D eigenvalue weighted by Crippen LogP contribution is -2.26. The molecule has 1 fully saturated rings. The smallest absolute Gasteiger partial charge is 0.337 e. The number of hydrogen-bond donors (Lipinski definition) is 2. The van der Waals surface area contributed by atoms with E-state index in [0.717, 1.165) is 0 Å². The number of para-hydroxylation sites is 1. The zero-order chi connectivity index (χ0) is 15.6. The van der Waals surface area contributed by atoms with Crippen LogP contribution in [0.5, 0.6) is 0 Å². The van der Waals surface area contributed by atoms with E-state index in [2.05, 4.69) is 0 Å². The highest BCUT2D eigenvalue weighted by Crippen LogP contribution is 2.33. The monoisotopic (exact) mass is 308 g/mol. The van der Waals surface area contributed by atoms with E-state index in [1.807, 2.05) is 0 Å². The van der Waals surface area contributed by atoms with Crippen molar-refractivity contribution in [1.82, 2.24) is 0 Å². The van der Waals surface area contributed by atoms with Crippen LogP contribution in [-0.4, -0.2) is 34.4 Å². The maximum Gasteiger partial charge on any atom is 0.337 e. The van der Waals surface area contributed by atoms with Crippen molar-refractivity contribution in [3.05, 3.63) is 23.8 Å². The summed E-state index contributed by atoms with van der Waals surface area (Å²) in [5.41, 5.74) is 6.37. The third-order valence-corrected chi connectivity index (χ3v) is 4.38. The zero-order valence-corrected chi connectivity index (χ0v) is 12.4. The van der Waals surface area contributed by atoms with E-state index in [1.165, 1.54) is 29.7 Å². The molecule has 0 spiro atoms. The van der Waals surface area contributed by atoms with Crippen LogP contribution in [0.2, 0.25) is 0 Å². The second-order valence-electron chi connectivity index (χ2n) is 4.92. The average molecular weight is 308 g/mol. The Bertz CT molecular complexity index is 603. The molecule has 0 radical (unpaired) electrons. The van der Waals surface area contributed by atoms with Crippen LogP contribution in [0.15, 0.2) is 18.2 Å². The summed E-state index contributed by atoms with van der Waals surface area (Å²) in [5.74, 6) is -0.571. The molecule has 1 aliphatic heterocycles. The SMILES string of the molecule is CC(=O)SCC1CC(=O)N(c2cccc(C(=O)O)c2N)C1. The number of amides is 1. The molecule has 1 atom stereocenters. The second-order valence-corrected chi connectivity index (χ2v) is 6.12. The fraction of sp³-hybridized carbons (Fsp3) is 0.357. The number of carbonyl (C=O) groups excluding carboxylic acids is 2. The molecule has 0 bridgehead atoms. The molecule has 7 heteroatoms. The van der Waals surface area contributed by atoms with Gasteiger partial charge in [0, 0.05) is 25.6 Å². The summed E-state index contributed by atoms with van der Waals surface area (Å²) in [7, 11) is 0. The van der Waals surface area contributed by atoms with Gasteiger partial charge in [0.05, 0.1) is 16.9 Å². The van der Waals surface area contributed by atoms with E-state index >= 15 is 0 Å². The number of rotatable bonds is 4. The molecule has 1 amide bonds. The van der Waals surface area contributed by atoms with Gasteiger partial charge in [0.25, 0.3) is 0 Å². The van der Waals surface area contributed by atoms with Gasteiger partial charge in [-0.15, -0.1) is 0 Å². The van der Waals surface area contributed by atoms with Gasteiger partial charge in [-0.05, 0) is 18.1 Å². The summed E-state index contributed by atoms with van der Waals surface area (Å²) in [4.78, 5) is 35.7. The number of carbonyl (C=O) groups is 3. The van der Waals surface area contributed by atoms with Crippen LogP contribution in [0.4, 0.5) is 11.4 Å². The average Bonchev–Trinajstić information content (AvgIpc) is 2.77. The lowest BCUT2D eigenvalue weighted by atomic mass is 10.1. The van der Waals surface area contributed by atoms with E-state index in [0.29, 0.717) is 24.4 Å². The zero-order valence-electron chi connectivity index (χ0n) is 11.5. The van der Waals surface area contributed by atoms with Gasteiger partial charge in [0.15, 0.2) is 5.12 Å². The normalized spacial score (nSPS) is 18.0. The maximum absolute atomic E-state index is 12.1. The number of thioether (sulfide) groups is 1. The minimum atomic E-state index is -1.12. The molecular formula is C14H16N2O4S. The molecule has 21 heavy (non-hydrogen) atoms. The molecular weight excluding hydrogens is 292 g/mol. The molecule has 1 unspecified atom stereocenters. The van der Waals surface area contributed by atoms with Gasteiger partial charge in [0.1, 0.15) is 0 Å². The largest absolute Gasteiger partial charge is 0.478 e. The molecule has 1 heterocycles. The van der Waals surface area contributed by atoms with Crippen molar-refractivity contribution in [2.75, 3.05) is 22.9 Å². The third-order valence-electron chi connectivity index (χ3n) is 3.33. The van der Waals surface area contributed by atoms with Crippen LogP contribution in [0.1, 0.15) is 23.7 Å². The lowest BCUT2D eigenvalue weighted by Gasteiger charge is -2.19. The van der Waals surface area contributed by atoms with Gasteiger partial charge in [-0.1, -0.05) is 17.8 Å². The highest BCUT2D eigenvalue weighted by molar-refractivity contribution is 8.13. The van der Waals surface area contributed by atoms with E-state index < -0.39 is 5.97 Å². The molecule has 2 rings (SSSR count). The topological polar surface area (TPSA) is 101 Å². The standard InChI is InChI=1S/C14H16N2O4S/c1-8(17)21-7-9-5-12(18)16(6-9)11-4-2-3-10(13(11)15)14(19)20/h2-4,9H,5-7,15H2,1H3,(H,19,20). The number of carboxylic acids is 1. The number of benzene rings is 1. The number of nitrogen functional groups attached to an aromatic ring is 1. The summed E-state index contributed by atoms with van der Waals surface area (Å²) in [6.07, 6.45) is 0.344. The van der Waals surface area contributed by atoms with Crippen molar-refractivity contribution in [2.45, 2.75) is 13.3 Å². The molecule has 0 aromatic heterocycles. The fourth-order valence-electron chi connectivity index (χ4n) is 2.34. The Hall–Kier alpha value is -2.02. The second kappa shape index (κ2) is 6.17. The quantitative estimate of drug-likeness (QED) is 0.819. The summed E-state index contributed by atoms with van der Waals surface area (Å²) >= 11 is 1.20. The van der Waals surface area contributed by atoms with Crippen molar-refractivity contribution in [2.24, 2.45) is 5.92 Å². The molecule has 1 aliphatic rings. The molecule has 1 saturated heterocycles. The van der Waals surface area contributed by atoms with E-state index in [1.54, 1.807) is 12.1 Å². The van der Waals surface area contributed by atoms with Crippen LogP contribution in [0.25, 0.3) is 0 Å². The summed E-state index contributed by atoms with van der Waals surface area (Å²) in [6, 6.07) is 4.62. The van der Waals surface area contributed by atoms with E-state index in [4.69, 9.17) is 10.8 Å². The van der Waals surface area contributed by atoms with E-state index in [-0.39, 0.29) is 28.2 Å². The summed E-state index contributed by atoms with van der Waals surface area (Å²) in [6.45, 7) is 1.94. The Morgan fingerprint density at radius 1 is 1.48 bits per heavy atom. The van der Waals surface area contributed by atoms with Crippen LogP contribution >= 0.6 is 11.8 Å². The minimum absolute atomic E-state index is 0.0122. The highest BCUT2D eigenvalue weighted by Gasteiger charge is 2.32. The first-order valence-electron chi connectivity index (χ1n) is 6.45. The first-order chi connectivity index (χ1) is 9.90. The van der Waals surface area contributed by atoms with Crippen LogP contribution < -0.4 is 10.6 Å². The van der Waals surface area contributed by atoms with Crippen molar-refractivity contribution in [3.8, 4) is 0 Å². The molecule has 112 valence electrons. The lowest BCUT2D eigenvalue weighted by molar-refractivity contribution is -0.117. The van der Waals surface area contributed by atoms with Gasteiger partial charge in [0.2, 0.25) is 5.91 Å². The van der Waals surface area contributed by atoms with Gasteiger partial charge >= 0.3 is 5.97 Å². The summed E-state index contributed by atoms with van der Waals surface area (Å²) < 4.78 is 0. The number of nitrogens with zero attached hydrogens (tertiary/aromatic N) is 1. The highest BCUT2D eigenvalue weighted by atomic mass is 32.2. The molecule has 0 saturated carbocycles. The van der Waals surface area contributed by atoms with Gasteiger partial charge in [-0.3, -0.25) is 9.59 Å². The van der Waals surface area contributed by atoms with Crippen LogP contribution in [0.3, 0.4) is 0 Å². The predicted molar refractivity (Wildman–Crippen MR) is 81.4 cm³/mol. The van der Waals surface area contributed by atoms with Gasteiger partial charge in [-0.25, -0.2) is 4.79 Å². The van der Waals surface area contributed by atoms with Crippen molar-refractivity contribution < 1.29 is 19.5 Å². The Morgan fingerprint density at radius 3 is 2.81 bits per heavy atom. The maximum atomic E-state index is 12.1. The van der Waals surface area contributed by atoms with Crippen molar-refractivity contribution in [1.29, 1.82) is 0 Å². The molecule has 1 aromatic rings. The molecule has 6 nitrogen and oxygen atoms in total. The van der Waals surface area contributed by atoms with Crippen LogP contribution in [0, 0.1) is 5.92 Å². The van der Waals surface area contributed by atoms with Crippen molar-refractivity contribution in [3.63, 3.8) is 0 Å².